The second-order valence-electron chi connectivity index (χ2n) is 5.92. The second kappa shape index (κ2) is 7.66. The number of rotatable bonds is 6. The molecule has 0 bridgehead atoms. The molecule has 142 valence electrons. The van der Waals surface area contributed by atoms with Crippen molar-refractivity contribution in [3.8, 4) is 5.69 Å². The molecule has 0 fully saturated rings. The zero-order valence-electron chi connectivity index (χ0n) is 15.1. The van der Waals surface area contributed by atoms with Gasteiger partial charge in [0.05, 0.1) is 39.2 Å². The van der Waals surface area contributed by atoms with E-state index in [0.29, 0.717) is 0 Å². The lowest BCUT2D eigenvalue weighted by Crippen LogP contribution is -2.00. The maximum Gasteiger partial charge on any atom is 0.301 e. The third kappa shape index (κ3) is 3.70. The van der Waals surface area contributed by atoms with Crippen LogP contribution in [0.3, 0.4) is 0 Å². The lowest BCUT2D eigenvalue weighted by Gasteiger charge is -2.04. The standard InChI is InChI=1S/C18H16N6O4/c1-12-16(13(2)22(21-12)14-6-4-3-5-7-14)11-19-20-17-9-8-15(23(25)26)10-18(17)24(27)28/h3-11,20H,1-2H3/b19-11+. The van der Waals surface area contributed by atoms with Crippen molar-refractivity contribution in [3.05, 3.63) is 85.7 Å². The van der Waals surface area contributed by atoms with Gasteiger partial charge in [-0.1, -0.05) is 18.2 Å². The Hall–Kier alpha value is -4.08. The summed E-state index contributed by atoms with van der Waals surface area (Å²) in [5.74, 6) is 0. The molecule has 3 aromatic rings. The molecule has 0 aliphatic heterocycles. The van der Waals surface area contributed by atoms with Crippen LogP contribution in [-0.4, -0.2) is 25.8 Å². The predicted molar refractivity (Wildman–Crippen MR) is 104 cm³/mol. The summed E-state index contributed by atoms with van der Waals surface area (Å²) in [4.78, 5) is 20.6. The third-order valence-corrected chi connectivity index (χ3v) is 4.12. The van der Waals surface area contributed by atoms with Crippen LogP contribution in [0.5, 0.6) is 0 Å². The number of nitrogens with zero attached hydrogens (tertiary/aromatic N) is 5. The summed E-state index contributed by atoms with van der Waals surface area (Å²) in [6.45, 7) is 3.73. The van der Waals surface area contributed by atoms with Crippen molar-refractivity contribution < 1.29 is 9.85 Å². The van der Waals surface area contributed by atoms with Gasteiger partial charge in [0.15, 0.2) is 0 Å². The zero-order chi connectivity index (χ0) is 20.3. The van der Waals surface area contributed by atoms with Gasteiger partial charge in [-0.15, -0.1) is 0 Å². The number of benzene rings is 2. The lowest BCUT2D eigenvalue weighted by molar-refractivity contribution is -0.393. The molecule has 2 aromatic carbocycles. The molecular weight excluding hydrogens is 364 g/mol. The predicted octanol–water partition coefficient (Wildman–Crippen LogP) is 3.75. The number of non-ortho nitro benzene ring substituents is 1. The van der Waals surface area contributed by atoms with Crippen molar-refractivity contribution in [2.24, 2.45) is 5.10 Å². The Balaban J connectivity index is 1.87. The molecule has 0 atom stereocenters. The van der Waals surface area contributed by atoms with Crippen molar-refractivity contribution >= 4 is 23.3 Å². The van der Waals surface area contributed by atoms with Crippen LogP contribution in [0.4, 0.5) is 17.1 Å². The van der Waals surface area contributed by atoms with Gasteiger partial charge >= 0.3 is 5.69 Å². The zero-order valence-corrected chi connectivity index (χ0v) is 15.1. The monoisotopic (exact) mass is 380 g/mol. The van der Waals surface area contributed by atoms with E-state index >= 15 is 0 Å². The van der Waals surface area contributed by atoms with E-state index in [1.807, 2.05) is 44.2 Å². The van der Waals surface area contributed by atoms with Gasteiger partial charge in [-0.3, -0.25) is 25.7 Å². The Morgan fingerprint density at radius 2 is 1.79 bits per heavy atom. The molecule has 0 aliphatic rings. The second-order valence-corrected chi connectivity index (χ2v) is 5.92. The number of hydrogen-bond acceptors (Lipinski definition) is 7. The first-order chi connectivity index (χ1) is 13.4. The molecule has 10 nitrogen and oxygen atoms in total. The minimum atomic E-state index is -0.700. The van der Waals surface area contributed by atoms with E-state index in [1.165, 1.54) is 18.3 Å². The van der Waals surface area contributed by atoms with Crippen molar-refractivity contribution in [2.75, 3.05) is 5.43 Å². The fourth-order valence-corrected chi connectivity index (χ4v) is 2.71. The third-order valence-electron chi connectivity index (χ3n) is 4.12. The first-order valence-electron chi connectivity index (χ1n) is 8.22. The van der Waals surface area contributed by atoms with E-state index in [-0.39, 0.29) is 11.4 Å². The average molecular weight is 380 g/mol. The average Bonchev–Trinajstić information content (AvgIpc) is 2.96. The van der Waals surface area contributed by atoms with Crippen LogP contribution >= 0.6 is 0 Å². The summed E-state index contributed by atoms with van der Waals surface area (Å²) in [7, 11) is 0. The van der Waals surface area contributed by atoms with E-state index in [1.54, 1.807) is 4.68 Å². The smallest absolute Gasteiger partial charge is 0.272 e. The van der Waals surface area contributed by atoms with Gasteiger partial charge in [0, 0.05) is 11.6 Å². The van der Waals surface area contributed by atoms with Gasteiger partial charge in [0.2, 0.25) is 0 Å². The summed E-state index contributed by atoms with van der Waals surface area (Å²) in [5, 5.41) is 30.5. The number of nitrogens with one attached hydrogen (secondary N) is 1. The van der Waals surface area contributed by atoms with Crippen LogP contribution in [0.15, 0.2) is 53.6 Å². The van der Waals surface area contributed by atoms with Crippen LogP contribution in [0, 0.1) is 34.1 Å². The highest BCUT2D eigenvalue weighted by Crippen LogP contribution is 2.29. The Labute approximate surface area is 159 Å². The number of hydrazone groups is 1. The van der Waals surface area contributed by atoms with Crippen LogP contribution in [-0.2, 0) is 0 Å². The number of aromatic nitrogens is 2. The van der Waals surface area contributed by atoms with E-state index < -0.39 is 15.5 Å². The molecule has 0 aliphatic carbocycles. The van der Waals surface area contributed by atoms with Crippen molar-refractivity contribution in [1.29, 1.82) is 0 Å². The van der Waals surface area contributed by atoms with Gasteiger partial charge in [0.1, 0.15) is 5.69 Å². The van der Waals surface area contributed by atoms with Crippen LogP contribution < -0.4 is 5.43 Å². The summed E-state index contributed by atoms with van der Waals surface area (Å²) in [6, 6.07) is 12.9. The number of aryl methyl sites for hydroxylation is 1. The summed E-state index contributed by atoms with van der Waals surface area (Å²) < 4.78 is 1.78. The maximum absolute atomic E-state index is 11.2. The van der Waals surface area contributed by atoms with Gasteiger partial charge in [-0.2, -0.15) is 10.2 Å². The fraction of sp³-hybridized carbons (Fsp3) is 0.111. The Morgan fingerprint density at radius 3 is 2.43 bits per heavy atom. The van der Waals surface area contributed by atoms with Crippen LogP contribution in [0.1, 0.15) is 17.0 Å². The quantitative estimate of drug-likeness (QED) is 0.394. The number of hydrogen-bond donors (Lipinski definition) is 1. The molecule has 0 radical (unpaired) electrons. The normalized spacial score (nSPS) is 10.9. The van der Waals surface area contributed by atoms with Gasteiger partial charge < -0.3 is 0 Å². The van der Waals surface area contributed by atoms with Crippen LogP contribution in [0.25, 0.3) is 5.69 Å². The Kier molecular flexibility index (Phi) is 5.12. The molecule has 0 saturated carbocycles. The lowest BCUT2D eigenvalue weighted by atomic mass is 10.2. The van der Waals surface area contributed by atoms with Gasteiger partial charge in [-0.05, 0) is 32.0 Å². The van der Waals surface area contributed by atoms with Crippen LogP contribution in [0.2, 0.25) is 0 Å². The summed E-state index contributed by atoms with van der Waals surface area (Å²) in [5.41, 5.74) is 5.10. The van der Waals surface area contributed by atoms with Crippen molar-refractivity contribution in [2.45, 2.75) is 13.8 Å². The fourth-order valence-electron chi connectivity index (χ4n) is 2.71. The van der Waals surface area contributed by atoms with E-state index in [2.05, 4.69) is 15.6 Å². The van der Waals surface area contributed by atoms with Gasteiger partial charge in [0.25, 0.3) is 5.69 Å². The molecule has 28 heavy (non-hydrogen) atoms. The molecule has 1 aromatic heterocycles. The highest BCUT2D eigenvalue weighted by Gasteiger charge is 2.19. The number of anilines is 1. The molecule has 0 saturated heterocycles. The number of para-hydroxylation sites is 1. The summed E-state index contributed by atoms with van der Waals surface area (Å²) in [6.07, 6.45) is 1.52. The molecule has 10 heteroatoms. The highest BCUT2D eigenvalue weighted by molar-refractivity contribution is 5.83. The maximum atomic E-state index is 11.2. The SMILES string of the molecule is Cc1nn(-c2ccccc2)c(C)c1/C=N/Nc1ccc([N+](=O)[O-])cc1[N+](=O)[O-]. The molecule has 0 amide bonds. The molecule has 0 unspecified atom stereocenters. The summed E-state index contributed by atoms with van der Waals surface area (Å²) >= 11 is 0. The molecule has 1 N–H and O–H groups in total. The molecular formula is C18H16N6O4. The first-order valence-corrected chi connectivity index (χ1v) is 8.22. The topological polar surface area (TPSA) is 128 Å². The highest BCUT2D eigenvalue weighted by atomic mass is 16.6. The molecule has 1 heterocycles. The molecule has 0 spiro atoms. The molecule has 3 rings (SSSR count). The number of nitro benzene ring substituents is 2. The Morgan fingerprint density at radius 1 is 1.07 bits per heavy atom. The minimum absolute atomic E-state index is 0.0533. The van der Waals surface area contributed by atoms with E-state index in [0.717, 1.165) is 28.7 Å². The van der Waals surface area contributed by atoms with Crippen molar-refractivity contribution in [1.82, 2.24) is 9.78 Å². The van der Waals surface area contributed by atoms with E-state index in [4.69, 9.17) is 0 Å². The first kappa shape index (κ1) is 18.7. The van der Waals surface area contributed by atoms with E-state index in [9.17, 15) is 20.2 Å². The number of nitro groups is 2. The minimum Gasteiger partial charge on any atom is -0.272 e. The largest absolute Gasteiger partial charge is 0.301 e. The van der Waals surface area contributed by atoms with Gasteiger partial charge in [-0.25, -0.2) is 4.68 Å². The van der Waals surface area contributed by atoms with Crippen molar-refractivity contribution in [3.63, 3.8) is 0 Å². The Bertz CT molecular complexity index is 1080.